The quantitative estimate of drug-likeness (QED) is 0.774. The molecule has 2 N–H and O–H groups in total. The minimum absolute atomic E-state index is 0.333. The van der Waals surface area contributed by atoms with E-state index in [0.29, 0.717) is 12.6 Å². The van der Waals surface area contributed by atoms with Crippen molar-refractivity contribution in [2.24, 2.45) is 0 Å². The van der Waals surface area contributed by atoms with Gasteiger partial charge >= 0.3 is 0 Å². The molecule has 0 radical (unpaired) electrons. The van der Waals surface area contributed by atoms with Gasteiger partial charge in [-0.1, -0.05) is 44.2 Å². The van der Waals surface area contributed by atoms with Crippen LogP contribution in [0.1, 0.15) is 45.2 Å². The van der Waals surface area contributed by atoms with Crippen LogP contribution in [0.25, 0.3) is 0 Å². The largest absolute Gasteiger partial charge is 0.389 e. The molecule has 1 aromatic carbocycles. The van der Waals surface area contributed by atoms with Crippen LogP contribution in [-0.2, 0) is 0 Å². The summed E-state index contributed by atoms with van der Waals surface area (Å²) < 4.78 is 0. The van der Waals surface area contributed by atoms with E-state index in [1.54, 1.807) is 0 Å². The van der Waals surface area contributed by atoms with E-state index in [1.807, 2.05) is 19.9 Å². The highest BCUT2D eigenvalue weighted by Gasteiger charge is 2.19. The lowest BCUT2D eigenvalue weighted by molar-refractivity contribution is 0.0526. The summed E-state index contributed by atoms with van der Waals surface area (Å²) in [4.78, 5) is 0. The predicted octanol–water partition coefficient (Wildman–Crippen LogP) is 2.89. The lowest BCUT2D eigenvalue weighted by Crippen LogP contribution is -2.38. The smallest absolute Gasteiger partial charge is 0.0741 e. The molecule has 0 aromatic heterocycles. The van der Waals surface area contributed by atoms with Crippen molar-refractivity contribution in [2.75, 3.05) is 6.54 Å². The molecule has 2 nitrogen and oxygen atoms in total. The van der Waals surface area contributed by atoms with Gasteiger partial charge in [-0.25, -0.2) is 0 Å². The van der Waals surface area contributed by atoms with Gasteiger partial charge in [-0.15, -0.1) is 0 Å². The third kappa shape index (κ3) is 3.95. The Labute approximate surface area is 98.7 Å². The van der Waals surface area contributed by atoms with Crippen molar-refractivity contribution < 1.29 is 5.11 Å². The first-order valence-electron chi connectivity index (χ1n) is 6.09. The van der Waals surface area contributed by atoms with Gasteiger partial charge in [0.15, 0.2) is 0 Å². The molecule has 1 rings (SSSR count). The summed E-state index contributed by atoms with van der Waals surface area (Å²) in [5.41, 5.74) is 0.680. The molecule has 90 valence electrons. The summed E-state index contributed by atoms with van der Waals surface area (Å²) in [6.45, 7) is 6.67. The molecule has 0 amide bonds. The molecule has 0 heterocycles. The van der Waals surface area contributed by atoms with E-state index in [4.69, 9.17) is 0 Å². The van der Waals surface area contributed by atoms with E-state index in [0.717, 1.165) is 12.8 Å². The van der Waals surface area contributed by atoms with Crippen LogP contribution in [0.2, 0.25) is 0 Å². The van der Waals surface area contributed by atoms with E-state index in [9.17, 15) is 5.11 Å². The first-order chi connectivity index (χ1) is 7.59. The third-order valence-electron chi connectivity index (χ3n) is 3.10. The average molecular weight is 221 g/mol. The Balaban J connectivity index is 2.57. The Morgan fingerprint density at radius 2 is 1.88 bits per heavy atom. The maximum Gasteiger partial charge on any atom is 0.0741 e. The zero-order valence-electron chi connectivity index (χ0n) is 10.5. The van der Waals surface area contributed by atoms with Gasteiger partial charge < -0.3 is 10.4 Å². The van der Waals surface area contributed by atoms with E-state index >= 15 is 0 Å². The molecule has 16 heavy (non-hydrogen) atoms. The maximum absolute atomic E-state index is 9.95. The van der Waals surface area contributed by atoms with Crippen LogP contribution < -0.4 is 5.32 Å². The van der Waals surface area contributed by atoms with Gasteiger partial charge in [0.05, 0.1) is 5.60 Å². The second-order valence-electron chi connectivity index (χ2n) is 4.60. The van der Waals surface area contributed by atoms with Gasteiger partial charge in [-0.05, 0) is 25.3 Å². The molecule has 0 saturated carbocycles. The second-order valence-corrected chi connectivity index (χ2v) is 4.60. The average Bonchev–Trinajstić information content (AvgIpc) is 2.31. The number of hydrogen-bond acceptors (Lipinski definition) is 2. The van der Waals surface area contributed by atoms with Crippen LogP contribution in [0, 0.1) is 0 Å². The highest BCUT2D eigenvalue weighted by molar-refractivity contribution is 5.18. The number of aliphatic hydroxyl groups is 1. The van der Waals surface area contributed by atoms with Crippen LogP contribution in [0.4, 0.5) is 0 Å². The summed E-state index contributed by atoms with van der Waals surface area (Å²) in [5.74, 6) is 0. The lowest BCUT2D eigenvalue weighted by atomic mass is 10.0. The molecule has 2 unspecified atom stereocenters. The van der Waals surface area contributed by atoms with E-state index in [2.05, 4.69) is 36.5 Å². The van der Waals surface area contributed by atoms with Crippen molar-refractivity contribution in [2.45, 2.75) is 45.3 Å². The van der Waals surface area contributed by atoms with Crippen molar-refractivity contribution in [3.8, 4) is 0 Å². The van der Waals surface area contributed by atoms with E-state index in [-0.39, 0.29) is 0 Å². The van der Waals surface area contributed by atoms with E-state index < -0.39 is 5.60 Å². The Hall–Kier alpha value is -0.860. The van der Waals surface area contributed by atoms with Crippen LogP contribution in [0.5, 0.6) is 0 Å². The molecule has 0 bridgehead atoms. The van der Waals surface area contributed by atoms with Gasteiger partial charge in [0, 0.05) is 12.6 Å². The second kappa shape index (κ2) is 6.02. The zero-order valence-corrected chi connectivity index (χ0v) is 10.5. The van der Waals surface area contributed by atoms with Gasteiger partial charge in [0.25, 0.3) is 0 Å². The highest BCUT2D eigenvalue weighted by Crippen LogP contribution is 2.17. The van der Waals surface area contributed by atoms with Crippen molar-refractivity contribution in [3.63, 3.8) is 0 Å². The highest BCUT2D eigenvalue weighted by atomic mass is 16.3. The topological polar surface area (TPSA) is 32.3 Å². The van der Waals surface area contributed by atoms with Crippen LogP contribution in [-0.4, -0.2) is 17.3 Å². The molecule has 0 spiro atoms. The van der Waals surface area contributed by atoms with Crippen LogP contribution >= 0.6 is 0 Å². The maximum atomic E-state index is 9.95. The summed E-state index contributed by atoms with van der Waals surface area (Å²) in [5, 5.41) is 13.4. The zero-order chi connectivity index (χ0) is 12.0. The molecule has 0 aliphatic heterocycles. The standard InChI is InChI=1S/C14H23NO/c1-4-13(12-9-7-6-8-10-12)15-11-14(3,16)5-2/h6-10,13,15-16H,4-5,11H2,1-3H3. The summed E-state index contributed by atoms with van der Waals surface area (Å²) >= 11 is 0. The van der Waals surface area contributed by atoms with Gasteiger partial charge in [0.2, 0.25) is 0 Å². The third-order valence-corrected chi connectivity index (χ3v) is 3.10. The van der Waals surface area contributed by atoms with Crippen molar-refractivity contribution in [1.82, 2.24) is 5.32 Å². The Morgan fingerprint density at radius 1 is 1.25 bits per heavy atom. The molecule has 2 heteroatoms. The number of hydrogen-bond donors (Lipinski definition) is 2. The normalized spacial score (nSPS) is 16.8. The number of rotatable bonds is 6. The predicted molar refractivity (Wildman–Crippen MR) is 68.4 cm³/mol. The van der Waals surface area contributed by atoms with E-state index in [1.165, 1.54) is 5.56 Å². The molecular formula is C14H23NO. The summed E-state index contributed by atoms with van der Waals surface area (Å²) in [6, 6.07) is 10.7. The van der Waals surface area contributed by atoms with Gasteiger partial charge in [0.1, 0.15) is 0 Å². The van der Waals surface area contributed by atoms with Crippen molar-refractivity contribution in [1.29, 1.82) is 0 Å². The molecular weight excluding hydrogens is 198 g/mol. The van der Waals surface area contributed by atoms with Gasteiger partial charge in [-0.3, -0.25) is 0 Å². The Bertz CT molecular complexity index is 295. The molecule has 2 atom stereocenters. The van der Waals surface area contributed by atoms with Gasteiger partial charge in [-0.2, -0.15) is 0 Å². The molecule has 0 aliphatic carbocycles. The Morgan fingerprint density at radius 3 is 2.38 bits per heavy atom. The summed E-state index contributed by atoms with van der Waals surface area (Å²) in [6.07, 6.45) is 1.80. The molecule has 0 aliphatic rings. The first kappa shape index (κ1) is 13.2. The van der Waals surface area contributed by atoms with Crippen molar-refractivity contribution in [3.05, 3.63) is 35.9 Å². The molecule has 0 saturated heterocycles. The van der Waals surface area contributed by atoms with Crippen LogP contribution in [0.15, 0.2) is 30.3 Å². The number of nitrogens with one attached hydrogen (secondary N) is 1. The fourth-order valence-electron chi connectivity index (χ4n) is 1.65. The fraction of sp³-hybridized carbons (Fsp3) is 0.571. The minimum Gasteiger partial charge on any atom is -0.389 e. The lowest BCUT2D eigenvalue weighted by Gasteiger charge is -2.26. The Kier molecular flexibility index (Phi) is 4.97. The first-order valence-corrected chi connectivity index (χ1v) is 6.09. The van der Waals surface area contributed by atoms with Crippen LogP contribution in [0.3, 0.4) is 0 Å². The molecule has 0 fully saturated rings. The van der Waals surface area contributed by atoms with Crippen molar-refractivity contribution >= 4 is 0 Å². The SMILES string of the molecule is CCC(NCC(C)(O)CC)c1ccccc1. The minimum atomic E-state index is -0.609. The fourth-order valence-corrected chi connectivity index (χ4v) is 1.65. The summed E-state index contributed by atoms with van der Waals surface area (Å²) in [7, 11) is 0. The number of benzene rings is 1. The molecule has 1 aromatic rings. The monoisotopic (exact) mass is 221 g/mol.